The molecule has 3 rings (SSSR count). The zero-order valence-corrected chi connectivity index (χ0v) is 14.4. The van der Waals surface area contributed by atoms with Crippen molar-refractivity contribution < 1.29 is 22.7 Å². The predicted molar refractivity (Wildman–Crippen MR) is 83.5 cm³/mol. The van der Waals surface area contributed by atoms with Crippen molar-refractivity contribution in [2.45, 2.75) is 56.4 Å². The minimum atomic E-state index is -3.03. The first kappa shape index (κ1) is 16.7. The molecule has 1 saturated carbocycles. The van der Waals surface area contributed by atoms with E-state index in [0.717, 1.165) is 12.8 Å². The number of likely N-dealkylation sites (N-methyl/N-ethyl adjacent to an activating group) is 1. The molecule has 130 valence electrons. The molecule has 2 aliphatic heterocycles. The molecule has 0 aromatic rings. The molecule has 0 aromatic heterocycles. The van der Waals surface area contributed by atoms with Gasteiger partial charge in [-0.3, -0.25) is 9.59 Å². The van der Waals surface area contributed by atoms with Crippen LogP contribution in [-0.4, -0.2) is 79.9 Å². The number of hydrogen-bond acceptors (Lipinski definition) is 5. The van der Waals surface area contributed by atoms with Crippen LogP contribution in [0.2, 0.25) is 0 Å². The van der Waals surface area contributed by atoms with Crippen LogP contribution in [0.4, 0.5) is 0 Å². The zero-order valence-electron chi connectivity index (χ0n) is 13.6. The van der Waals surface area contributed by atoms with Crippen LogP contribution < -0.4 is 0 Å². The van der Waals surface area contributed by atoms with Crippen molar-refractivity contribution in [3.8, 4) is 0 Å². The number of carbonyl (C=O) groups is 2. The van der Waals surface area contributed by atoms with Crippen LogP contribution in [0.25, 0.3) is 0 Å². The monoisotopic (exact) mass is 344 g/mol. The van der Waals surface area contributed by atoms with E-state index in [1.807, 2.05) is 0 Å². The largest absolute Gasteiger partial charge is 0.355 e. The Morgan fingerprint density at radius 1 is 0.913 bits per heavy atom. The summed E-state index contributed by atoms with van der Waals surface area (Å²) in [7, 11) is 0.301. The Kier molecular flexibility index (Phi) is 4.39. The molecule has 3 fully saturated rings. The number of carbonyl (C=O) groups excluding carboxylic acids is 2. The summed E-state index contributed by atoms with van der Waals surface area (Å²) < 4.78 is 29.1. The Hall–Kier alpha value is -1.15. The lowest BCUT2D eigenvalue weighted by Gasteiger charge is -2.30. The highest BCUT2D eigenvalue weighted by atomic mass is 32.2. The van der Waals surface area contributed by atoms with Crippen molar-refractivity contribution >= 4 is 21.7 Å². The summed E-state index contributed by atoms with van der Waals surface area (Å²) in [6.07, 6.45) is 2.24. The highest BCUT2D eigenvalue weighted by Crippen LogP contribution is 2.34. The fourth-order valence-corrected chi connectivity index (χ4v) is 5.17. The lowest BCUT2D eigenvalue weighted by Crippen LogP contribution is -2.48. The summed E-state index contributed by atoms with van der Waals surface area (Å²) in [5.41, 5.74) is 0. The maximum absolute atomic E-state index is 12.8. The first-order valence-corrected chi connectivity index (χ1v) is 10.00. The third-order valence-corrected chi connectivity index (χ3v) is 6.56. The van der Waals surface area contributed by atoms with Gasteiger partial charge in [0.15, 0.2) is 9.84 Å². The Bertz CT molecular complexity index is 599. The van der Waals surface area contributed by atoms with Gasteiger partial charge in [0.1, 0.15) is 12.2 Å². The summed E-state index contributed by atoms with van der Waals surface area (Å²) in [4.78, 5) is 28.0. The Morgan fingerprint density at radius 3 is 2.00 bits per heavy atom. The van der Waals surface area contributed by atoms with E-state index in [0.29, 0.717) is 19.3 Å². The van der Waals surface area contributed by atoms with Crippen LogP contribution in [0.1, 0.15) is 32.1 Å². The van der Waals surface area contributed by atoms with E-state index < -0.39 is 22.0 Å². The van der Waals surface area contributed by atoms with Crippen molar-refractivity contribution in [1.82, 2.24) is 9.80 Å². The maximum Gasteiger partial charge on any atom is 0.252 e. The van der Waals surface area contributed by atoms with Gasteiger partial charge < -0.3 is 14.5 Å². The smallest absolute Gasteiger partial charge is 0.252 e. The van der Waals surface area contributed by atoms with Crippen LogP contribution in [0.5, 0.6) is 0 Å². The third-order valence-electron chi connectivity index (χ3n) is 4.81. The zero-order chi connectivity index (χ0) is 16.8. The Balaban J connectivity index is 1.67. The molecule has 2 heterocycles. The summed E-state index contributed by atoms with van der Waals surface area (Å²) in [5.74, 6) is -0.0472. The molecule has 2 saturated heterocycles. The first-order chi connectivity index (χ1) is 10.8. The first-order valence-electron chi connectivity index (χ1n) is 8.18. The minimum absolute atomic E-state index is 0.0576. The number of sulfone groups is 1. The van der Waals surface area contributed by atoms with Gasteiger partial charge in [-0.1, -0.05) is 0 Å². The quantitative estimate of drug-likeness (QED) is 0.705. The van der Waals surface area contributed by atoms with Crippen molar-refractivity contribution in [3.05, 3.63) is 0 Å². The number of hydrogen-bond donors (Lipinski definition) is 0. The van der Waals surface area contributed by atoms with Gasteiger partial charge in [-0.25, -0.2) is 8.42 Å². The lowest BCUT2D eigenvalue weighted by molar-refractivity contribution is -0.151. The molecule has 3 aliphatic rings. The number of ether oxygens (including phenoxy) is 1. The van der Waals surface area contributed by atoms with E-state index in [9.17, 15) is 18.0 Å². The second-order valence-electron chi connectivity index (χ2n) is 6.96. The predicted octanol–water partition coefficient (Wildman–Crippen LogP) is -0.200. The van der Waals surface area contributed by atoms with E-state index in [1.54, 1.807) is 19.0 Å². The second kappa shape index (κ2) is 6.05. The van der Waals surface area contributed by atoms with Crippen LogP contribution in [0.3, 0.4) is 0 Å². The number of nitrogens with zero attached hydrogens (tertiary/aromatic N) is 2. The summed E-state index contributed by atoms with van der Waals surface area (Å²) in [6.45, 7) is 0. The summed E-state index contributed by atoms with van der Waals surface area (Å²) in [5, 5.41) is 0. The highest BCUT2D eigenvalue weighted by Gasteiger charge is 2.46. The van der Waals surface area contributed by atoms with Crippen molar-refractivity contribution in [2.24, 2.45) is 0 Å². The molecule has 1 aliphatic carbocycles. The Labute approximate surface area is 136 Å². The molecule has 0 aromatic carbocycles. The van der Waals surface area contributed by atoms with E-state index >= 15 is 0 Å². The molecule has 7 nitrogen and oxygen atoms in total. The molecule has 1 unspecified atom stereocenters. The third kappa shape index (κ3) is 3.52. The van der Waals surface area contributed by atoms with Crippen molar-refractivity contribution in [1.29, 1.82) is 0 Å². The summed E-state index contributed by atoms with van der Waals surface area (Å²) >= 11 is 0. The van der Waals surface area contributed by atoms with Crippen molar-refractivity contribution in [3.63, 3.8) is 0 Å². The molecule has 23 heavy (non-hydrogen) atoms. The minimum Gasteiger partial charge on any atom is -0.355 e. The second-order valence-corrected chi connectivity index (χ2v) is 9.19. The normalized spacial score (nSPS) is 32.7. The van der Waals surface area contributed by atoms with E-state index in [4.69, 9.17) is 4.74 Å². The molecule has 3 atom stereocenters. The molecule has 0 bridgehead atoms. The average molecular weight is 344 g/mol. The van der Waals surface area contributed by atoms with Gasteiger partial charge in [0.05, 0.1) is 11.5 Å². The van der Waals surface area contributed by atoms with Gasteiger partial charge in [0.25, 0.3) is 11.8 Å². The standard InChI is InChI=1S/C15H24N2O5S/c1-16(2)14(18)12-5-6-13(22-12)15(19)17(10-3-4-10)11-7-8-23(20,21)9-11/h10-13H,3-9H2,1-2H3/t11?,12-,13+/m1/s1. The molecular weight excluding hydrogens is 320 g/mol. The molecule has 8 heteroatoms. The van der Waals surface area contributed by atoms with E-state index in [2.05, 4.69) is 0 Å². The SMILES string of the molecule is CN(C)C(=O)[C@H]1CC[C@@H](C(=O)N(C2CC2)C2CCS(=O)(=O)C2)O1. The molecule has 2 amide bonds. The fraction of sp³-hybridized carbons (Fsp3) is 0.867. The van der Waals surface area contributed by atoms with Crippen LogP contribution in [-0.2, 0) is 24.2 Å². The van der Waals surface area contributed by atoms with Gasteiger partial charge >= 0.3 is 0 Å². The molecule has 0 radical (unpaired) electrons. The fourth-order valence-electron chi connectivity index (χ4n) is 3.46. The highest BCUT2D eigenvalue weighted by molar-refractivity contribution is 7.91. The molecule has 0 spiro atoms. The summed E-state index contributed by atoms with van der Waals surface area (Å²) in [6, 6.07) is -0.0831. The molecular formula is C15H24N2O5S. The van der Waals surface area contributed by atoms with Gasteiger partial charge in [0.2, 0.25) is 0 Å². The topological polar surface area (TPSA) is 84.0 Å². The van der Waals surface area contributed by atoms with Crippen LogP contribution in [0.15, 0.2) is 0 Å². The maximum atomic E-state index is 12.8. The van der Waals surface area contributed by atoms with Crippen LogP contribution >= 0.6 is 0 Å². The number of rotatable bonds is 4. The van der Waals surface area contributed by atoms with Gasteiger partial charge in [-0.05, 0) is 32.1 Å². The van der Waals surface area contributed by atoms with Gasteiger partial charge in [0, 0.05) is 26.2 Å². The van der Waals surface area contributed by atoms with E-state index in [1.165, 1.54) is 4.90 Å². The van der Waals surface area contributed by atoms with Gasteiger partial charge in [-0.2, -0.15) is 0 Å². The van der Waals surface area contributed by atoms with E-state index in [-0.39, 0.29) is 35.4 Å². The van der Waals surface area contributed by atoms with Crippen molar-refractivity contribution in [2.75, 3.05) is 25.6 Å². The average Bonchev–Trinajstić information content (AvgIpc) is 3.06. The number of amides is 2. The molecule has 0 N–H and O–H groups in total. The van der Waals surface area contributed by atoms with Crippen LogP contribution in [0, 0.1) is 0 Å². The lowest BCUT2D eigenvalue weighted by atomic mass is 10.1. The van der Waals surface area contributed by atoms with Gasteiger partial charge in [-0.15, -0.1) is 0 Å². The Morgan fingerprint density at radius 2 is 1.52 bits per heavy atom.